The van der Waals surface area contributed by atoms with E-state index in [4.69, 9.17) is 18.3 Å². The number of hydrogen-bond acceptors (Lipinski definition) is 4. The quantitative estimate of drug-likeness (QED) is 0.182. The second-order valence-electron chi connectivity index (χ2n) is 17.2. The lowest BCUT2D eigenvalue weighted by atomic mass is 9.65. The molecule has 1 heterocycles. The number of ether oxygens (including phenoxy) is 2. The zero-order valence-corrected chi connectivity index (χ0v) is 35.0. The predicted molar refractivity (Wildman–Crippen MR) is 215 cm³/mol. The van der Waals surface area contributed by atoms with Gasteiger partial charge in [-0.15, -0.1) is 0 Å². The average Bonchev–Trinajstić information content (AvgIpc) is 3.08. The molecule has 276 valence electrons. The van der Waals surface area contributed by atoms with Gasteiger partial charge in [0.05, 0.1) is 18.3 Å². The van der Waals surface area contributed by atoms with E-state index in [1.807, 2.05) is 0 Å². The largest absolute Gasteiger partial charge is 0.413 e. The second kappa shape index (κ2) is 16.5. The first kappa shape index (κ1) is 39.4. The van der Waals surface area contributed by atoms with Gasteiger partial charge in [0.15, 0.2) is 14.1 Å². The molecule has 2 aromatic rings. The molecule has 2 aliphatic carbocycles. The van der Waals surface area contributed by atoms with Crippen LogP contribution in [0.5, 0.6) is 0 Å². The molecule has 0 aromatic heterocycles. The van der Waals surface area contributed by atoms with Crippen molar-refractivity contribution in [2.75, 3.05) is 6.61 Å². The van der Waals surface area contributed by atoms with E-state index >= 15 is 0 Å². The normalized spacial score (nSPS) is 28.6. The van der Waals surface area contributed by atoms with Gasteiger partial charge in [0.2, 0.25) is 0 Å². The van der Waals surface area contributed by atoms with E-state index in [1.165, 1.54) is 34.1 Å². The van der Waals surface area contributed by atoms with Crippen LogP contribution in [0.3, 0.4) is 0 Å². The summed E-state index contributed by atoms with van der Waals surface area (Å²) >= 11 is 0. The van der Waals surface area contributed by atoms with Gasteiger partial charge in [-0.3, -0.25) is 0 Å². The van der Waals surface area contributed by atoms with Crippen LogP contribution in [0, 0.1) is 23.7 Å². The first-order valence-corrected chi connectivity index (χ1v) is 24.4. The molecule has 1 saturated heterocycles. The third kappa shape index (κ3) is 8.69. The maximum atomic E-state index is 7.35. The van der Waals surface area contributed by atoms with Crippen LogP contribution in [0.25, 0.3) is 0 Å². The van der Waals surface area contributed by atoms with Gasteiger partial charge in [0, 0.05) is 18.9 Å². The molecule has 0 spiro atoms. The second-order valence-corrected chi connectivity index (χ2v) is 26.2. The number of rotatable bonds is 14. The van der Waals surface area contributed by atoms with Gasteiger partial charge in [-0.05, 0) is 96.4 Å². The summed E-state index contributed by atoms with van der Waals surface area (Å²) in [5.74, 6) is 1.52. The maximum absolute atomic E-state index is 7.35. The van der Waals surface area contributed by atoms with Gasteiger partial charge in [0.1, 0.15) is 0 Å². The minimum absolute atomic E-state index is 0.0432. The molecule has 1 aliphatic heterocycles. The summed E-state index contributed by atoms with van der Waals surface area (Å²) in [7, 11) is -4.32. The third-order valence-electron chi connectivity index (χ3n) is 12.4. The van der Waals surface area contributed by atoms with Crippen molar-refractivity contribution in [3.05, 3.63) is 84.5 Å². The van der Waals surface area contributed by atoms with Gasteiger partial charge in [0.25, 0.3) is 8.32 Å². The fourth-order valence-corrected chi connectivity index (χ4v) is 17.1. The van der Waals surface area contributed by atoms with Gasteiger partial charge >= 0.3 is 0 Å². The number of benzene rings is 2. The average molecular weight is 717 g/mol. The highest BCUT2D eigenvalue weighted by molar-refractivity contribution is 6.99. The van der Waals surface area contributed by atoms with Crippen LogP contribution >= 0.6 is 0 Å². The molecule has 5 rings (SSSR count). The van der Waals surface area contributed by atoms with Crippen molar-refractivity contribution in [3.63, 3.8) is 0 Å². The molecular formula is C44H68O4Si2. The van der Waals surface area contributed by atoms with E-state index < -0.39 is 22.4 Å². The molecular weight excluding hydrogens is 649 g/mol. The van der Waals surface area contributed by atoms with E-state index in [1.54, 1.807) is 0 Å². The van der Waals surface area contributed by atoms with Gasteiger partial charge in [-0.1, -0.05) is 134 Å². The van der Waals surface area contributed by atoms with E-state index in [9.17, 15) is 0 Å². The molecule has 1 fully saturated rings. The minimum atomic E-state index is -2.59. The molecule has 0 saturated carbocycles. The Morgan fingerprint density at radius 1 is 0.780 bits per heavy atom. The van der Waals surface area contributed by atoms with Crippen LogP contribution in [-0.4, -0.2) is 47.3 Å². The van der Waals surface area contributed by atoms with E-state index in [-0.39, 0.29) is 17.2 Å². The highest BCUT2D eigenvalue weighted by Crippen LogP contribution is 2.47. The SMILES string of the molecule is CC[Si](CC)(CC)OC1C[C@@H](C)C=C2C=C[C@H](C)[C@H](CC[C@@H]3CC(CCO[Si](c4ccccc4)(c4ccccc4)C(C)(C)C)OC(C)(C)O3)[C@H]21. The van der Waals surface area contributed by atoms with Crippen molar-refractivity contribution in [1.29, 1.82) is 0 Å². The standard InChI is InChI=1S/C44H68O4Si2/c1-11-49(12-2,13-3)48-41-31-33(4)30-35-25-24-34(5)40(42(35)41)27-26-36-32-37(47-44(9,10)46-36)28-29-45-50(43(6,7)8,38-20-16-14-17-21-38)39-22-18-15-19-23-39/h14-25,30,33-34,36-37,40-42H,11-13,26-29,31-32H2,1-10H3/t33-,34-,36+,37?,40-,41?,42-/m0/s1. The molecule has 0 amide bonds. The summed E-state index contributed by atoms with van der Waals surface area (Å²) in [6, 6.07) is 25.5. The summed E-state index contributed by atoms with van der Waals surface area (Å²) in [5, 5.41) is 2.60. The van der Waals surface area contributed by atoms with E-state index in [2.05, 4.69) is 148 Å². The van der Waals surface area contributed by atoms with Crippen LogP contribution in [0.1, 0.15) is 101 Å². The van der Waals surface area contributed by atoms with Crippen molar-refractivity contribution in [2.45, 2.75) is 149 Å². The maximum Gasteiger partial charge on any atom is 0.261 e. The Labute approximate surface area is 307 Å². The van der Waals surface area contributed by atoms with Crippen molar-refractivity contribution in [1.82, 2.24) is 0 Å². The van der Waals surface area contributed by atoms with Crippen LogP contribution in [0.4, 0.5) is 0 Å². The van der Waals surface area contributed by atoms with Crippen molar-refractivity contribution >= 4 is 27.0 Å². The Morgan fingerprint density at radius 2 is 1.34 bits per heavy atom. The molecule has 6 heteroatoms. The zero-order valence-electron chi connectivity index (χ0n) is 33.0. The minimum Gasteiger partial charge on any atom is -0.413 e. The van der Waals surface area contributed by atoms with E-state index in [0.717, 1.165) is 32.1 Å². The molecule has 0 N–H and O–H groups in total. The summed E-state index contributed by atoms with van der Waals surface area (Å²) in [5.41, 5.74) is 1.52. The summed E-state index contributed by atoms with van der Waals surface area (Å²) in [6.45, 7) is 23.8. The molecule has 3 aliphatic rings. The molecule has 2 aromatic carbocycles. The zero-order chi connectivity index (χ0) is 36.2. The Hall–Kier alpha value is -1.81. The van der Waals surface area contributed by atoms with Crippen molar-refractivity contribution < 1.29 is 18.3 Å². The molecule has 7 atom stereocenters. The smallest absolute Gasteiger partial charge is 0.261 e. The summed E-state index contributed by atoms with van der Waals surface area (Å²) < 4.78 is 27.9. The number of hydrogen-bond donors (Lipinski definition) is 0. The van der Waals surface area contributed by atoms with Crippen LogP contribution < -0.4 is 10.4 Å². The molecule has 0 radical (unpaired) electrons. The predicted octanol–water partition coefficient (Wildman–Crippen LogP) is 10.4. The van der Waals surface area contributed by atoms with Gasteiger partial charge in [-0.2, -0.15) is 0 Å². The molecule has 50 heavy (non-hydrogen) atoms. The summed E-state index contributed by atoms with van der Waals surface area (Å²) in [4.78, 5) is 0. The Balaban J connectivity index is 1.30. The topological polar surface area (TPSA) is 36.9 Å². The monoisotopic (exact) mass is 716 g/mol. The van der Waals surface area contributed by atoms with Crippen molar-refractivity contribution in [3.8, 4) is 0 Å². The molecule has 4 nitrogen and oxygen atoms in total. The first-order chi connectivity index (χ1) is 23.8. The fraction of sp³-hybridized carbons (Fsp3) is 0.636. The van der Waals surface area contributed by atoms with Crippen LogP contribution in [0.15, 0.2) is 84.5 Å². The molecule has 0 bridgehead atoms. The van der Waals surface area contributed by atoms with Gasteiger partial charge in [-0.25, -0.2) is 0 Å². The highest BCUT2D eigenvalue weighted by atomic mass is 28.4. The van der Waals surface area contributed by atoms with E-state index in [0.29, 0.717) is 36.4 Å². The van der Waals surface area contributed by atoms with Crippen LogP contribution in [-0.2, 0) is 18.3 Å². The first-order valence-electron chi connectivity index (χ1n) is 19.9. The van der Waals surface area contributed by atoms with Crippen LogP contribution in [0.2, 0.25) is 23.2 Å². The molecule has 2 unspecified atom stereocenters. The number of fused-ring (bicyclic) bond motifs is 1. The van der Waals surface area contributed by atoms with Crippen molar-refractivity contribution in [2.24, 2.45) is 23.7 Å². The lowest BCUT2D eigenvalue weighted by Crippen LogP contribution is -2.66. The highest BCUT2D eigenvalue weighted by Gasteiger charge is 2.50. The third-order valence-corrected chi connectivity index (χ3v) is 22.1. The lowest BCUT2D eigenvalue weighted by Gasteiger charge is -2.47. The Bertz CT molecular complexity index is 1360. The van der Waals surface area contributed by atoms with Gasteiger partial charge < -0.3 is 18.3 Å². The Morgan fingerprint density at radius 3 is 1.88 bits per heavy atom. The lowest BCUT2D eigenvalue weighted by molar-refractivity contribution is -0.302. The fourth-order valence-electron chi connectivity index (χ4n) is 9.60. The Kier molecular flexibility index (Phi) is 13.0. The number of allylic oxidation sites excluding steroid dienone is 3. The summed E-state index contributed by atoms with van der Waals surface area (Å²) in [6.07, 6.45) is 13.1.